The molecule has 0 radical (unpaired) electrons. The first-order valence-corrected chi connectivity index (χ1v) is 7.17. The quantitative estimate of drug-likeness (QED) is 0.894. The molecule has 0 aromatic heterocycles. The van der Waals surface area contributed by atoms with E-state index < -0.39 is 0 Å². The van der Waals surface area contributed by atoms with Gasteiger partial charge in [0.15, 0.2) is 0 Å². The third-order valence-corrected chi connectivity index (χ3v) is 4.52. The van der Waals surface area contributed by atoms with E-state index in [4.69, 9.17) is 28.9 Å². The Morgan fingerprint density at radius 3 is 2.56 bits per heavy atom. The third-order valence-electron chi connectivity index (χ3n) is 3.95. The molecule has 1 aromatic carbocycles. The zero-order valence-electron chi connectivity index (χ0n) is 10.9. The minimum atomic E-state index is 0.254. The van der Waals surface area contributed by atoms with E-state index in [1.807, 2.05) is 12.1 Å². The molecule has 1 fully saturated rings. The second-order valence-corrected chi connectivity index (χ2v) is 5.99. The first kappa shape index (κ1) is 14.1. The number of nitrogens with zero attached hydrogens (tertiary/aromatic N) is 1. The summed E-state index contributed by atoms with van der Waals surface area (Å²) in [6, 6.07) is 6.40. The van der Waals surface area contributed by atoms with Crippen molar-refractivity contribution < 1.29 is 0 Å². The molecule has 18 heavy (non-hydrogen) atoms. The first-order chi connectivity index (χ1) is 8.54. The Hall–Kier alpha value is -0.280. The highest BCUT2D eigenvalue weighted by Crippen LogP contribution is 2.38. The first-order valence-electron chi connectivity index (χ1n) is 6.41. The van der Waals surface area contributed by atoms with Gasteiger partial charge in [0.2, 0.25) is 0 Å². The summed E-state index contributed by atoms with van der Waals surface area (Å²) in [5.41, 5.74) is 7.01. The van der Waals surface area contributed by atoms with Crippen molar-refractivity contribution in [3.8, 4) is 0 Å². The molecule has 2 unspecified atom stereocenters. The van der Waals surface area contributed by atoms with Crippen LogP contribution in [0.25, 0.3) is 0 Å². The summed E-state index contributed by atoms with van der Waals surface area (Å²) in [5, 5.41) is 1.41. The van der Waals surface area contributed by atoms with Crippen molar-refractivity contribution in [2.45, 2.75) is 31.8 Å². The molecule has 2 N–H and O–H groups in total. The van der Waals surface area contributed by atoms with Crippen LogP contribution in [0.15, 0.2) is 18.2 Å². The molecule has 2 nitrogen and oxygen atoms in total. The van der Waals surface area contributed by atoms with Crippen LogP contribution >= 0.6 is 23.2 Å². The lowest BCUT2D eigenvalue weighted by atomic mass is 10.0. The Kier molecular flexibility index (Phi) is 4.54. The summed E-state index contributed by atoms with van der Waals surface area (Å²) in [6.07, 6.45) is 2.60. The lowest BCUT2D eigenvalue weighted by Crippen LogP contribution is -2.41. The summed E-state index contributed by atoms with van der Waals surface area (Å²) in [6.45, 7) is 2.87. The maximum atomic E-state index is 6.27. The van der Waals surface area contributed by atoms with Gasteiger partial charge in [0.05, 0.1) is 0 Å². The van der Waals surface area contributed by atoms with Gasteiger partial charge in [-0.1, -0.05) is 29.3 Å². The smallest absolute Gasteiger partial charge is 0.0468 e. The van der Waals surface area contributed by atoms with E-state index in [1.54, 1.807) is 6.07 Å². The topological polar surface area (TPSA) is 29.3 Å². The van der Waals surface area contributed by atoms with E-state index in [9.17, 15) is 0 Å². The summed E-state index contributed by atoms with van der Waals surface area (Å²) in [7, 11) is 2.13. The molecule has 100 valence electrons. The molecule has 2 rings (SSSR count). The van der Waals surface area contributed by atoms with E-state index in [-0.39, 0.29) is 6.04 Å². The van der Waals surface area contributed by atoms with Gasteiger partial charge >= 0.3 is 0 Å². The summed E-state index contributed by atoms with van der Waals surface area (Å²) >= 11 is 12.2. The van der Waals surface area contributed by atoms with Crippen molar-refractivity contribution in [2.75, 3.05) is 13.6 Å². The van der Waals surface area contributed by atoms with Gasteiger partial charge in [0.1, 0.15) is 0 Å². The van der Waals surface area contributed by atoms with Crippen LogP contribution in [-0.4, -0.2) is 24.5 Å². The SMILES string of the molecule is CC(c1ccc(Cl)cc1Cl)N(C)C(CN)C1CC1. The lowest BCUT2D eigenvalue weighted by Gasteiger charge is -2.33. The van der Waals surface area contributed by atoms with Crippen LogP contribution in [0.3, 0.4) is 0 Å². The van der Waals surface area contributed by atoms with Crippen LogP contribution in [0.1, 0.15) is 31.4 Å². The lowest BCUT2D eigenvalue weighted by molar-refractivity contribution is 0.170. The van der Waals surface area contributed by atoms with Gasteiger partial charge in [-0.25, -0.2) is 0 Å². The Balaban J connectivity index is 2.16. The van der Waals surface area contributed by atoms with Crippen molar-refractivity contribution in [1.82, 2.24) is 4.90 Å². The Bertz CT molecular complexity index is 418. The Labute approximate surface area is 119 Å². The highest BCUT2D eigenvalue weighted by Gasteiger charge is 2.34. The van der Waals surface area contributed by atoms with Gasteiger partial charge in [0.25, 0.3) is 0 Å². The molecule has 4 heteroatoms. The monoisotopic (exact) mass is 286 g/mol. The Morgan fingerprint density at radius 1 is 1.39 bits per heavy atom. The standard InChI is InChI=1S/C14H20Cl2N2/c1-9(12-6-5-11(15)7-13(12)16)18(2)14(8-17)10-3-4-10/h5-7,9-10,14H,3-4,8,17H2,1-2H3. The number of hydrogen-bond acceptors (Lipinski definition) is 2. The van der Waals surface area contributed by atoms with E-state index in [1.165, 1.54) is 12.8 Å². The summed E-state index contributed by atoms with van der Waals surface area (Å²) in [4.78, 5) is 2.34. The average Bonchev–Trinajstić information content (AvgIpc) is 3.13. The van der Waals surface area contributed by atoms with Crippen LogP contribution in [0.5, 0.6) is 0 Å². The number of halogens is 2. The highest BCUT2D eigenvalue weighted by molar-refractivity contribution is 6.35. The summed E-state index contributed by atoms with van der Waals surface area (Å²) < 4.78 is 0. The van der Waals surface area contributed by atoms with Crippen molar-refractivity contribution >= 4 is 23.2 Å². The van der Waals surface area contributed by atoms with Crippen molar-refractivity contribution in [1.29, 1.82) is 0 Å². The fourth-order valence-corrected chi connectivity index (χ4v) is 3.09. The molecular formula is C14H20Cl2N2. The highest BCUT2D eigenvalue weighted by atomic mass is 35.5. The van der Waals surface area contributed by atoms with Crippen molar-refractivity contribution in [3.05, 3.63) is 33.8 Å². The van der Waals surface area contributed by atoms with Crippen LogP contribution in [0, 0.1) is 5.92 Å². The van der Waals surface area contributed by atoms with Crippen LogP contribution in [-0.2, 0) is 0 Å². The van der Waals surface area contributed by atoms with E-state index >= 15 is 0 Å². The minimum absolute atomic E-state index is 0.254. The average molecular weight is 287 g/mol. The predicted molar refractivity (Wildman–Crippen MR) is 78.2 cm³/mol. The molecular weight excluding hydrogens is 267 g/mol. The van der Waals surface area contributed by atoms with Crippen LogP contribution < -0.4 is 5.73 Å². The molecule has 0 saturated heterocycles. The summed E-state index contributed by atoms with van der Waals surface area (Å²) in [5.74, 6) is 0.758. The number of nitrogens with two attached hydrogens (primary N) is 1. The zero-order chi connectivity index (χ0) is 13.3. The number of likely N-dealkylation sites (N-methyl/N-ethyl adjacent to an activating group) is 1. The maximum absolute atomic E-state index is 6.27. The van der Waals surface area contributed by atoms with Gasteiger partial charge in [-0.05, 0) is 50.4 Å². The van der Waals surface area contributed by atoms with E-state index in [0.717, 1.165) is 16.5 Å². The molecule has 1 saturated carbocycles. The van der Waals surface area contributed by atoms with Gasteiger partial charge in [0, 0.05) is 28.7 Å². The minimum Gasteiger partial charge on any atom is -0.329 e. The maximum Gasteiger partial charge on any atom is 0.0468 e. The van der Waals surface area contributed by atoms with Gasteiger partial charge in [-0.15, -0.1) is 0 Å². The fourth-order valence-electron chi connectivity index (χ4n) is 2.52. The van der Waals surface area contributed by atoms with Crippen LogP contribution in [0.2, 0.25) is 10.0 Å². The zero-order valence-corrected chi connectivity index (χ0v) is 12.4. The second kappa shape index (κ2) is 5.79. The third kappa shape index (κ3) is 3.00. The van der Waals surface area contributed by atoms with Gasteiger partial charge in [-0.3, -0.25) is 4.90 Å². The molecule has 1 aliphatic carbocycles. The van der Waals surface area contributed by atoms with Crippen LogP contribution in [0.4, 0.5) is 0 Å². The number of hydrogen-bond donors (Lipinski definition) is 1. The van der Waals surface area contributed by atoms with E-state index in [2.05, 4.69) is 18.9 Å². The number of benzene rings is 1. The van der Waals surface area contributed by atoms with Gasteiger partial charge in [-0.2, -0.15) is 0 Å². The van der Waals surface area contributed by atoms with E-state index in [0.29, 0.717) is 17.6 Å². The molecule has 2 atom stereocenters. The largest absolute Gasteiger partial charge is 0.329 e. The Morgan fingerprint density at radius 2 is 2.06 bits per heavy atom. The second-order valence-electron chi connectivity index (χ2n) is 5.15. The molecule has 0 heterocycles. The predicted octanol–water partition coefficient (Wildman–Crippen LogP) is 3.72. The molecule has 0 amide bonds. The molecule has 1 aliphatic rings. The molecule has 1 aromatic rings. The fraction of sp³-hybridized carbons (Fsp3) is 0.571. The van der Waals surface area contributed by atoms with Crippen molar-refractivity contribution in [3.63, 3.8) is 0 Å². The van der Waals surface area contributed by atoms with Gasteiger partial charge < -0.3 is 5.73 Å². The molecule has 0 aliphatic heterocycles. The normalized spacial score (nSPS) is 19.0. The number of rotatable bonds is 5. The molecule has 0 spiro atoms. The van der Waals surface area contributed by atoms with Crippen molar-refractivity contribution in [2.24, 2.45) is 11.7 Å². The molecule has 0 bridgehead atoms.